The second kappa shape index (κ2) is 5.37. The van der Waals surface area contributed by atoms with Gasteiger partial charge in [0, 0.05) is 22.0 Å². The summed E-state index contributed by atoms with van der Waals surface area (Å²) in [6, 6.07) is 6.28. The molecule has 1 aromatic carbocycles. The first-order valence-electron chi connectivity index (χ1n) is 6.96. The van der Waals surface area contributed by atoms with E-state index >= 15 is 0 Å². The Labute approximate surface area is 126 Å². The minimum absolute atomic E-state index is 0.135. The molecule has 0 radical (unpaired) electrons. The standard InChI is InChI=1S/C15H18BrNO3/c16-11-1-2-12-13(9-11)20-10-15(12)4-7-17(8-5-15)6-3-14(18)19/h1-2,9H,3-8,10H2,(H,18,19). The highest BCUT2D eigenvalue weighted by Gasteiger charge is 2.42. The van der Waals surface area contributed by atoms with E-state index in [4.69, 9.17) is 9.84 Å². The van der Waals surface area contributed by atoms with Crippen molar-refractivity contribution >= 4 is 21.9 Å². The van der Waals surface area contributed by atoms with Gasteiger partial charge in [-0.3, -0.25) is 4.79 Å². The van der Waals surface area contributed by atoms with Crippen LogP contribution in [-0.4, -0.2) is 42.2 Å². The Morgan fingerprint density at radius 1 is 1.40 bits per heavy atom. The van der Waals surface area contributed by atoms with Crippen molar-refractivity contribution in [2.24, 2.45) is 0 Å². The summed E-state index contributed by atoms with van der Waals surface area (Å²) in [7, 11) is 0. The van der Waals surface area contributed by atoms with Crippen LogP contribution in [0.2, 0.25) is 0 Å². The molecule has 1 fully saturated rings. The third-order valence-electron chi connectivity index (χ3n) is 4.47. The maximum Gasteiger partial charge on any atom is 0.304 e. The molecule has 1 saturated heterocycles. The van der Waals surface area contributed by atoms with E-state index < -0.39 is 5.97 Å². The minimum Gasteiger partial charge on any atom is -0.492 e. The molecule has 0 aliphatic carbocycles. The number of carboxylic acids is 1. The van der Waals surface area contributed by atoms with Crippen LogP contribution in [0.25, 0.3) is 0 Å². The predicted octanol–water partition coefficient (Wildman–Crippen LogP) is 2.65. The first-order valence-corrected chi connectivity index (χ1v) is 7.75. The number of hydrogen-bond donors (Lipinski definition) is 1. The Kier molecular flexibility index (Phi) is 3.73. The molecule has 0 saturated carbocycles. The van der Waals surface area contributed by atoms with E-state index in [-0.39, 0.29) is 11.8 Å². The van der Waals surface area contributed by atoms with Crippen molar-refractivity contribution in [3.05, 3.63) is 28.2 Å². The Hall–Kier alpha value is -1.07. The molecule has 0 atom stereocenters. The number of nitrogens with zero attached hydrogens (tertiary/aromatic N) is 1. The molecule has 0 aromatic heterocycles. The van der Waals surface area contributed by atoms with Crippen LogP contribution < -0.4 is 4.74 Å². The van der Waals surface area contributed by atoms with Gasteiger partial charge in [-0.1, -0.05) is 22.0 Å². The second-order valence-electron chi connectivity index (χ2n) is 5.69. The Morgan fingerprint density at radius 3 is 2.85 bits per heavy atom. The number of fused-ring (bicyclic) bond motifs is 2. The number of hydrogen-bond acceptors (Lipinski definition) is 3. The molecule has 0 unspecified atom stereocenters. The molecule has 20 heavy (non-hydrogen) atoms. The van der Waals surface area contributed by atoms with Gasteiger partial charge in [0.25, 0.3) is 0 Å². The largest absolute Gasteiger partial charge is 0.492 e. The number of ether oxygens (including phenoxy) is 1. The summed E-state index contributed by atoms with van der Waals surface area (Å²) in [5.74, 6) is 0.281. The van der Waals surface area contributed by atoms with Gasteiger partial charge in [0.1, 0.15) is 5.75 Å². The number of rotatable bonds is 3. The molecule has 2 aliphatic rings. The number of carbonyl (C=O) groups is 1. The van der Waals surface area contributed by atoms with Crippen LogP contribution in [0, 0.1) is 0 Å². The number of carboxylic acid groups (broad SMARTS) is 1. The number of benzene rings is 1. The third-order valence-corrected chi connectivity index (χ3v) is 4.97. The van der Waals surface area contributed by atoms with E-state index in [2.05, 4.69) is 33.0 Å². The third kappa shape index (κ3) is 2.56. The van der Waals surface area contributed by atoms with Crippen molar-refractivity contribution in [3.8, 4) is 5.75 Å². The molecule has 0 amide bonds. The van der Waals surface area contributed by atoms with E-state index in [0.29, 0.717) is 6.54 Å². The molecule has 4 nitrogen and oxygen atoms in total. The maximum atomic E-state index is 10.6. The van der Waals surface area contributed by atoms with Crippen molar-refractivity contribution in [3.63, 3.8) is 0 Å². The summed E-state index contributed by atoms with van der Waals surface area (Å²) in [4.78, 5) is 12.9. The first-order chi connectivity index (χ1) is 9.59. The van der Waals surface area contributed by atoms with Crippen molar-refractivity contribution in [1.82, 2.24) is 4.90 Å². The van der Waals surface area contributed by atoms with Gasteiger partial charge in [0.2, 0.25) is 0 Å². The van der Waals surface area contributed by atoms with Crippen LogP contribution in [-0.2, 0) is 10.2 Å². The van der Waals surface area contributed by atoms with Gasteiger partial charge in [0.05, 0.1) is 13.0 Å². The zero-order valence-electron chi connectivity index (χ0n) is 11.3. The number of piperidine rings is 1. The lowest BCUT2D eigenvalue weighted by Gasteiger charge is -2.38. The fourth-order valence-corrected chi connectivity index (χ4v) is 3.56. The zero-order valence-corrected chi connectivity index (χ0v) is 12.9. The molecule has 5 heteroatoms. The average Bonchev–Trinajstić information content (AvgIpc) is 2.76. The summed E-state index contributed by atoms with van der Waals surface area (Å²) >= 11 is 3.48. The van der Waals surface area contributed by atoms with Crippen molar-refractivity contribution in [2.45, 2.75) is 24.7 Å². The molecule has 1 spiro atoms. The van der Waals surface area contributed by atoms with E-state index in [1.165, 1.54) is 5.56 Å². The Morgan fingerprint density at radius 2 is 2.15 bits per heavy atom. The van der Waals surface area contributed by atoms with Gasteiger partial charge in [-0.05, 0) is 38.1 Å². The fourth-order valence-electron chi connectivity index (χ4n) is 3.22. The second-order valence-corrected chi connectivity index (χ2v) is 6.61. The number of aliphatic carboxylic acids is 1. The predicted molar refractivity (Wildman–Crippen MR) is 79.2 cm³/mol. The van der Waals surface area contributed by atoms with Gasteiger partial charge < -0.3 is 14.7 Å². The summed E-state index contributed by atoms with van der Waals surface area (Å²) in [6.45, 7) is 3.31. The van der Waals surface area contributed by atoms with Crippen LogP contribution in [0.3, 0.4) is 0 Å². The summed E-state index contributed by atoms with van der Waals surface area (Å²) in [6.07, 6.45) is 2.32. The van der Waals surface area contributed by atoms with E-state index in [1.807, 2.05) is 6.07 Å². The molecule has 108 valence electrons. The van der Waals surface area contributed by atoms with Crippen LogP contribution in [0.15, 0.2) is 22.7 Å². The molecule has 2 heterocycles. The molecule has 0 bridgehead atoms. The SMILES string of the molecule is O=C(O)CCN1CCC2(CC1)COc1cc(Br)ccc12. The first kappa shape index (κ1) is 13.9. The zero-order chi connectivity index (χ0) is 14.2. The summed E-state index contributed by atoms with van der Waals surface area (Å²) < 4.78 is 6.91. The lowest BCUT2D eigenvalue weighted by Crippen LogP contribution is -2.44. The molecule has 3 rings (SSSR count). The highest BCUT2D eigenvalue weighted by Crippen LogP contribution is 2.46. The van der Waals surface area contributed by atoms with Crippen LogP contribution in [0.5, 0.6) is 5.75 Å². The highest BCUT2D eigenvalue weighted by atomic mass is 79.9. The highest BCUT2D eigenvalue weighted by molar-refractivity contribution is 9.10. The van der Waals surface area contributed by atoms with Crippen LogP contribution >= 0.6 is 15.9 Å². The normalized spacial score (nSPS) is 20.6. The quantitative estimate of drug-likeness (QED) is 0.919. The topological polar surface area (TPSA) is 49.8 Å². The number of halogens is 1. The Bertz CT molecular complexity index is 524. The summed E-state index contributed by atoms with van der Waals surface area (Å²) in [5.41, 5.74) is 1.45. The summed E-state index contributed by atoms with van der Waals surface area (Å²) in [5, 5.41) is 8.75. The van der Waals surface area contributed by atoms with E-state index in [0.717, 1.165) is 42.8 Å². The molecule has 1 N–H and O–H groups in total. The number of likely N-dealkylation sites (tertiary alicyclic amines) is 1. The van der Waals surface area contributed by atoms with Crippen molar-refractivity contribution in [1.29, 1.82) is 0 Å². The minimum atomic E-state index is -0.718. The van der Waals surface area contributed by atoms with Gasteiger partial charge in [-0.15, -0.1) is 0 Å². The van der Waals surface area contributed by atoms with Gasteiger partial charge in [-0.2, -0.15) is 0 Å². The average molecular weight is 340 g/mol. The lowest BCUT2D eigenvalue weighted by atomic mass is 9.74. The molecule has 1 aromatic rings. The maximum absolute atomic E-state index is 10.6. The fraction of sp³-hybridized carbons (Fsp3) is 0.533. The smallest absolute Gasteiger partial charge is 0.304 e. The van der Waals surface area contributed by atoms with Crippen LogP contribution in [0.4, 0.5) is 0 Å². The van der Waals surface area contributed by atoms with Gasteiger partial charge in [0.15, 0.2) is 0 Å². The van der Waals surface area contributed by atoms with Crippen molar-refractivity contribution in [2.75, 3.05) is 26.2 Å². The van der Waals surface area contributed by atoms with Gasteiger partial charge in [-0.25, -0.2) is 0 Å². The monoisotopic (exact) mass is 339 g/mol. The van der Waals surface area contributed by atoms with Crippen LogP contribution in [0.1, 0.15) is 24.8 Å². The van der Waals surface area contributed by atoms with E-state index in [9.17, 15) is 4.79 Å². The lowest BCUT2D eigenvalue weighted by molar-refractivity contribution is -0.137. The van der Waals surface area contributed by atoms with E-state index in [1.54, 1.807) is 0 Å². The molecular weight excluding hydrogens is 322 g/mol. The molecular formula is C15H18BrNO3. The van der Waals surface area contributed by atoms with Crippen molar-refractivity contribution < 1.29 is 14.6 Å². The van der Waals surface area contributed by atoms with Gasteiger partial charge >= 0.3 is 5.97 Å². The Balaban J connectivity index is 1.68. The molecule has 2 aliphatic heterocycles.